The van der Waals surface area contributed by atoms with Gasteiger partial charge in [0.2, 0.25) is 0 Å². The predicted octanol–water partition coefficient (Wildman–Crippen LogP) is 4.20. The second kappa shape index (κ2) is 7.81. The Kier molecular flexibility index (Phi) is 6.97. The molecule has 21 heavy (non-hydrogen) atoms. The summed E-state index contributed by atoms with van der Waals surface area (Å²) in [6, 6.07) is 2.73. The van der Waals surface area contributed by atoms with Crippen LogP contribution in [0.5, 0.6) is 0 Å². The Morgan fingerprint density at radius 2 is 2.00 bits per heavy atom. The minimum atomic E-state index is -4.02. The number of carbonyl (C=O) groups is 1. The van der Waals surface area contributed by atoms with Gasteiger partial charge in [0.25, 0.3) is 15.0 Å². The molecule has 0 unspecified atom stereocenters. The molecule has 1 aromatic carbocycles. The molecule has 118 valence electrons. The predicted molar refractivity (Wildman–Crippen MR) is 88.6 cm³/mol. The third kappa shape index (κ3) is 5.77. The van der Waals surface area contributed by atoms with E-state index in [-0.39, 0.29) is 15.5 Å². The van der Waals surface area contributed by atoms with Crippen molar-refractivity contribution in [3.63, 3.8) is 0 Å². The lowest BCUT2D eigenvalue weighted by molar-refractivity contribution is 0.0952. The van der Waals surface area contributed by atoms with Crippen LogP contribution in [0.4, 0.5) is 0 Å². The molecule has 1 rings (SSSR count). The molecule has 0 bridgehead atoms. The van der Waals surface area contributed by atoms with E-state index in [1.807, 2.05) is 0 Å². The molecular weight excluding hydrogens is 401 g/mol. The Morgan fingerprint density at radius 3 is 2.52 bits per heavy atom. The normalized spacial score (nSPS) is 11.7. The van der Waals surface area contributed by atoms with E-state index in [9.17, 15) is 13.2 Å². The fraction of sp³-hybridized carbons (Fsp3) is 0.462. The number of benzene rings is 1. The Labute approximate surface area is 142 Å². The number of hydrogen-bond donors (Lipinski definition) is 1. The zero-order valence-corrected chi connectivity index (χ0v) is 15.5. The van der Waals surface area contributed by atoms with Crippen molar-refractivity contribution in [2.24, 2.45) is 5.92 Å². The van der Waals surface area contributed by atoms with E-state index in [4.69, 9.17) is 22.3 Å². The first-order chi connectivity index (χ1) is 9.62. The average molecular weight is 417 g/mol. The molecule has 0 spiro atoms. The summed E-state index contributed by atoms with van der Waals surface area (Å²) >= 11 is 9.13. The van der Waals surface area contributed by atoms with Crippen molar-refractivity contribution in [1.82, 2.24) is 5.32 Å². The van der Waals surface area contributed by atoms with Gasteiger partial charge in [-0.3, -0.25) is 4.79 Å². The standard InChI is InChI=1S/C13H16BrCl2NO3S/c1-8(2)4-3-5-17-13(18)10-6-9(14)7-11(12(10)15)21(16,19)20/h6-8H,3-5H2,1-2H3,(H,17,18). The molecule has 0 saturated carbocycles. The van der Waals surface area contributed by atoms with E-state index >= 15 is 0 Å². The number of hydrogen-bond acceptors (Lipinski definition) is 3. The number of carbonyl (C=O) groups excluding carboxylic acids is 1. The van der Waals surface area contributed by atoms with Crippen molar-refractivity contribution >= 4 is 53.2 Å². The van der Waals surface area contributed by atoms with Crippen molar-refractivity contribution in [1.29, 1.82) is 0 Å². The third-order valence-electron chi connectivity index (χ3n) is 2.76. The maximum Gasteiger partial charge on any atom is 0.262 e. The molecule has 0 fully saturated rings. The van der Waals surface area contributed by atoms with Gasteiger partial charge in [-0.05, 0) is 30.9 Å². The van der Waals surface area contributed by atoms with Gasteiger partial charge >= 0.3 is 0 Å². The van der Waals surface area contributed by atoms with Crippen LogP contribution >= 0.6 is 38.2 Å². The van der Waals surface area contributed by atoms with E-state index in [1.54, 1.807) is 0 Å². The quantitative estimate of drug-likeness (QED) is 0.558. The maximum atomic E-state index is 12.1. The van der Waals surface area contributed by atoms with Crippen LogP contribution < -0.4 is 5.32 Å². The summed E-state index contributed by atoms with van der Waals surface area (Å²) in [7, 11) is 1.29. The Bertz CT molecular complexity index is 633. The van der Waals surface area contributed by atoms with Crippen LogP contribution in [0.2, 0.25) is 5.02 Å². The van der Waals surface area contributed by atoms with Gasteiger partial charge in [-0.1, -0.05) is 41.4 Å². The van der Waals surface area contributed by atoms with E-state index < -0.39 is 15.0 Å². The average Bonchev–Trinajstić information content (AvgIpc) is 2.35. The van der Waals surface area contributed by atoms with Crippen molar-refractivity contribution in [3.8, 4) is 0 Å². The fourth-order valence-electron chi connectivity index (χ4n) is 1.71. The van der Waals surface area contributed by atoms with Crippen LogP contribution in [-0.2, 0) is 9.05 Å². The van der Waals surface area contributed by atoms with Crippen LogP contribution in [0, 0.1) is 5.92 Å². The Hall–Kier alpha value is -0.300. The Balaban J connectivity index is 2.93. The number of halogens is 3. The molecule has 0 aromatic heterocycles. The van der Waals surface area contributed by atoms with Gasteiger partial charge in [0.15, 0.2) is 0 Å². The van der Waals surface area contributed by atoms with Crippen molar-refractivity contribution in [2.45, 2.75) is 31.6 Å². The summed E-state index contributed by atoms with van der Waals surface area (Å²) in [5, 5.41) is 2.55. The third-order valence-corrected chi connectivity index (χ3v) is 5.08. The van der Waals surface area contributed by atoms with Crippen molar-refractivity contribution < 1.29 is 13.2 Å². The van der Waals surface area contributed by atoms with Crippen LogP contribution in [0.1, 0.15) is 37.0 Å². The summed E-state index contributed by atoms with van der Waals surface area (Å²) in [6.07, 6.45) is 1.84. The lowest BCUT2D eigenvalue weighted by Crippen LogP contribution is -2.25. The summed E-state index contributed by atoms with van der Waals surface area (Å²) in [5.41, 5.74) is 0.0785. The molecule has 1 amide bonds. The molecule has 0 aliphatic carbocycles. The molecule has 0 atom stereocenters. The molecule has 4 nitrogen and oxygen atoms in total. The second-order valence-corrected chi connectivity index (χ2v) is 8.82. The Morgan fingerprint density at radius 1 is 1.38 bits per heavy atom. The first-order valence-electron chi connectivity index (χ1n) is 6.35. The smallest absolute Gasteiger partial charge is 0.262 e. The second-order valence-electron chi connectivity index (χ2n) is 5.00. The molecular formula is C13H16BrCl2NO3S. The van der Waals surface area contributed by atoms with E-state index in [0.717, 1.165) is 12.8 Å². The van der Waals surface area contributed by atoms with Crippen LogP contribution in [-0.4, -0.2) is 20.9 Å². The van der Waals surface area contributed by atoms with Gasteiger partial charge in [0.1, 0.15) is 4.90 Å². The zero-order chi connectivity index (χ0) is 16.2. The highest BCUT2D eigenvalue weighted by Gasteiger charge is 2.22. The highest BCUT2D eigenvalue weighted by atomic mass is 79.9. The summed E-state index contributed by atoms with van der Waals surface area (Å²) < 4.78 is 23.3. The van der Waals surface area contributed by atoms with E-state index in [1.165, 1.54) is 12.1 Å². The number of nitrogens with one attached hydrogen (secondary N) is 1. The molecule has 8 heteroatoms. The topological polar surface area (TPSA) is 63.2 Å². The SMILES string of the molecule is CC(C)CCCNC(=O)c1cc(Br)cc(S(=O)(=O)Cl)c1Cl. The van der Waals surface area contributed by atoms with Gasteiger partial charge in [-0.2, -0.15) is 0 Å². The van der Waals surface area contributed by atoms with Gasteiger partial charge < -0.3 is 5.32 Å². The van der Waals surface area contributed by atoms with Crippen molar-refractivity contribution in [3.05, 3.63) is 27.2 Å². The van der Waals surface area contributed by atoms with Gasteiger partial charge in [-0.15, -0.1) is 0 Å². The molecule has 0 aliphatic rings. The molecule has 1 N–H and O–H groups in total. The minimum absolute atomic E-state index is 0.0785. The molecule has 0 heterocycles. The molecule has 0 aliphatic heterocycles. The minimum Gasteiger partial charge on any atom is -0.352 e. The van der Waals surface area contributed by atoms with E-state index in [0.29, 0.717) is 16.9 Å². The largest absolute Gasteiger partial charge is 0.352 e. The molecule has 0 radical (unpaired) electrons. The lowest BCUT2D eigenvalue weighted by Gasteiger charge is -2.10. The fourth-order valence-corrected chi connectivity index (χ4v) is 3.90. The monoisotopic (exact) mass is 415 g/mol. The summed E-state index contributed by atoms with van der Waals surface area (Å²) in [4.78, 5) is 11.8. The molecule has 0 saturated heterocycles. The maximum absolute atomic E-state index is 12.1. The first kappa shape index (κ1) is 18.7. The van der Waals surface area contributed by atoms with Gasteiger partial charge in [0, 0.05) is 21.7 Å². The van der Waals surface area contributed by atoms with Crippen molar-refractivity contribution in [2.75, 3.05) is 6.54 Å². The van der Waals surface area contributed by atoms with E-state index in [2.05, 4.69) is 35.1 Å². The van der Waals surface area contributed by atoms with Crippen LogP contribution in [0.25, 0.3) is 0 Å². The van der Waals surface area contributed by atoms with Crippen LogP contribution in [0.3, 0.4) is 0 Å². The van der Waals surface area contributed by atoms with Gasteiger partial charge in [0.05, 0.1) is 10.6 Å². The first-order valence-corrected chi connectivity index (χ1v) is 9.83. The summed E-state index contributed by atoms with van der Waals surface area (Å²) in [5.74, 6) is 0.135. The number of amides is 1. The highest BCUT2D eigenvalue weighted by molar-refractivity contribution is 9.10. The number of rotatable bonds is 6. The summed E-state index contributed by atoms with van der Waals surface area (Å²) in [6.45, 7) is 4.71. The molecule has 1 aromatic rings. The lowest BCUT2D eigenvalue weighted by atomic mass is 10.1. The highest BCUT2D eigenvalue weighted by Crippen LogP contribution is 2.31. The van der Waals surface area contributed by atoms with Gasteiger partial charge in [-0.25, -0.2) is 8.42 Å². The van der Waals surface area contributed by atoms with Crippen LogP contribution in [0.15, 0.2) is 21.5 Å². The zero-order valence-electron chi connectivity index (χ0n) is 11.6.